The molecule has 2 aliphatic heterocycles. The molecule has 3 fully saturated rings. The topological polar surface area (TPSA) is 108 Å². The van der Waals surface area contributed by atoms with Gasteiger partial charge in [-0.25, -0.2) is 0 Å². The Bertz CT molecular complexity index is 1010. The number of hydrogen-bond acceptors (Lipinski definition) is 10. The van der Waals surface area contributed by atoms with Crippen LogP contribution in [0.4, 0.5) is 16.1 Å². The molecular formula is C26H40N8O2S. The Kier molecular flexibility index (Phi) is 8.51. The van der Waals surface area contributed by atoms with Gasteiger partial charge in [0.05, 0.1) is 19.1 Å². The predicted molar refractivity (Wildman–Crippen MR) is 146 cm³/mol. The van der Waals surface area contributed by atoms with Crippen molar-refractivity contribution in [3.05, 3.63) is 18.3 Å². The third-order valence-corrected chi connectivity index (χ3v) is 9.45. The summed E-state index contributed by atoms with van der Waals surface area (Å²) in [4.78, 5) is 17.5. The molecular weight excluding hydrogens is 488 g/mol. The summed E-state index contributed by atoms with van der Waals surface area (Å²) in [5, 5.41) is 24.2. The summed E-state index contributed by atoms with van der Waals surface area (Å²) in [6.45, 7) is 8.92. The Balaban J connectivity index is 1.06. The number of amides is 1. The summed E-state index contributed by atoms with van der Waals surface area (Å²) in [5.41, 5.74) is 0.547. The van der Waals surface area contributed by atoms with E-state index in [-0.39, 0.29) is 18.1 Å². The van der Waals surface area contributed by atoms with Crippen LogP contribution in [0, 0.1) is 5.41 Å². The molecule has 0 aromatic carbocycles. The zero-order valence-electron chi connectivity index (χ0n) is 22.1. The first-order valence-corrected chi connectivity index (χ1v) is 14.7. The maximum atomic E-state index is 12.8. The number of nitrogens with zero attached hydrogens (tertiary/aromatic N) is 6. The van der Waals surface area contributed by atoms with Crippen molar-refractivity contribution >= 4 is 33.3 Å². The van der Waals surface area contributed by atoms with Crippen LogP contribution in [0.15, 0.2) is 18.3 Å². The summed E-state index contributed by atoms with van der Waals surface area (Å²) in [7, 11) is 0. The molecule has 11 heteroatoms. The molecule has 2 saturated heterocycles. The number of morpholine rings is 1. The first kappa shape index (κ1) is 26.2. The molecule has 4 heterocycles. The third kappa shape index (κ3) is 6.56. The number of carbonyl (C=O) groups excluding carboxylic acids is 1. The van der Waals surface area contributed by atoms with Gasteiger partial charge in [0.25, 0.3) is 0 Å². The maximum Gasteiger partial charge on any atom is 0.228 e. The highest BCUT2D eigenvalue weighted by molar-refractivity contribution is 7.19. The minimum atomic E-state index is -0.0751. The Morgan fingerprint density at radius 3 is 2.68 bits per heavy atom. The van der Waals surface area contributed by atoms with Gasteiger partial charge in [-0.1, -0.05) is 38.0 Å². The van der Waals surface area contributed by atoms with Crippen LogP contribution in [-0.2, 0) is 9.53 Å². The van der Waals surface area contributed by atoms with Gasteiger partial charge < -0.3 is 20.3 Å². The number of aromatic nitrogens is 4. The highest BCUT2D eigenvalue weighted by Crippen LogP contribution is 2.43. The molecule has 2 aromatic heterocycles. The van der Waals surface area contributed by atoms with Crippen LogP contribution in [0.1, 0.15) is 65.2 Å². The van der Waals surface area contributed by atoms with E-state index < -0.39 is 0 Å². The number of anilines is 3. The van der Waals surface area contributed by atoms with Gasteiger partial charge in [0.2, 0.25) is 16.2 Å². The van der Waals surface area contributed by atoms with Gasteiger partial charge in [-0.05, 0) is 49.7 Å². The van der Waals surface area contributed by atoms with Crippen molar-refractivity contribution in [2.24, 2.45) is 5.41 Å². The number of rotatable bonds is 9. The zero-order valence-corrected chi connectivity index (χ0v) is 22.9. The third-order valence-electron chi connectivity index (χ3n) is 8.68. The van der Waals surface area contributed by atoms with Crippen molar-refractivity contribution < 1.29 is 9.53 Å². The molecule has 202 valence electrons. The van der Waals surface area contributed by atoms with Gasteiger partial charge in [-0.15, -0.1) is 15.3 Å². The van der Waals surface area contributed by atoms with Crippen LogP contribution in [0.25, 0.3) is 0 Å². The minimum absolute atomic E-state index is 0.0659. The van der Waals surface area contributed by atoms with E-state index in [1.807, 2.05) is 12.1 Å². The number of hydrogen-bond donors (Lipinski definition) is 2. The van der Waals surface area contributed by atoms with E-state index in [0.717, 1.165) is 38.4 Å². The van der Waals surface area contributed by atoms with Crippen molar-refractivity contribution in [2.45, 2.75) is 83.4 Å². The Hall–Kier alpha value is -2.37. The van der Waals surface area contributed by atoms with Crippen LogP contribution >= 0.6 is 11.3 Å². The second-order valence-corrected chi connectivity index (χ2v) is 11.7. The molecule has 1 unspecified atom stereocenters. The molecule has 3 aliphatic rings. The first-order valence-electron chi connectivity index (χ1n) is 13.8. The van der Waals surface area contributed by atoms with Crippen molar-refractivity contribution in [1.82, 2.24) is 25.3 Å². The van der Waals surface area contributed by atoms with Crippen molar-refractivity contribution in [3.63, 3.8) is 0 Å². The van der Waals surface area contributed by atoms with Gasteiger partial charge in [-0.3, -0.25) is 9.69 Å². The summed E-state index contributed by atoms with van der Waals surface area (Å²) in [5.74, 6) is 0.822. The van der Waals surface area contributed by atoms with Gasteiger partial charge >= 0.3 is 0 Å². The normalized spacial score (nSPS) is 24.8. The average molecular weight is 529 g/mol. The van der Waals surface area contributed by atoms with E-state index in [9.17, 15) is 4.79 Å². The maximum absolute atomic E-state index is 12.8. The van der Waals surface area contributed by atoms with E-state index in [1.54, 1.807) is 6.20 Å². The number of nitrogens with one attached hydrogen (secondary N) is 2. The summed E-state index contributed by atoms with van der Waals surface area (Å²) < 4.78 is 5.97. The lowest BCUT2D eigenvalue weighted by Crippen LogP contribution is -2.50. The lowest BCUT2D eigenvalue weighted by molar-refractivity contribution is -0.122. The molecule has 0 spiro atoms. The van der Waals surface area contributed by atoms with E-state index >= 15 is 0 Å². The largest absolute Gasteiger partial charge is 0.375 e. The van der Waals surface area contributed by atoms with E-state index in [1.165, 1.54) is 49.9 Å². The van der Waals surface area contributed by atoms with Gasteiger partial charge in [0.1, 0.15) is 0 Å². The molecule has 0 bridgehead atoms. The molecule has 10 nitrogen and oxygen atoms in total. The van der Waals surface area contributed by atoms with E-state index in [0.29, 0.717) is 34.7 Å². The van der Waals surface area contributed by atoms with Crippen LogP contribution in [0.2, 0.25) is 0 Å². The van der Waals surface area contributed by atoms with Crippen molar-refractivity contribution in [1.29, 1.82) is 0 Å². The molecule has 2 N–H and O–H groups in total. The molecule has 1 amide bonds. The Morgan fingerprint density at radius 2 is 1.92 bits per heavy atom. The van der Waals surface area contributed by atoms with Crippen LogP contribution in [-0.4, -0.2) is 82.2 Å². The van der Waals surface area contributed by atoms with Crippen molar-refractivity contribution in [3.8, 4) is 0 Å². The molecule has 2 atom stereocenters. The molecule has 2 aromatic rings. The summed E-state index contributed by atoms with van der Waals surface area (Å²) in [6, 6.07) is 4.75. The predicted octanol–water partition coefficient (Wildman–Crippen LogP) is 3.80. The lowest BCUT2D eigenvalue weighted by Gasteiger charge is -2.45. The summed E-state index contributed by atoms with van der Waals surface area (Å²) >= 11 is 1.37. The Morgan fingerprint density at radius 1 is 1.11 bits per heavy atom. The fourth-order valence-corrected chi connectivity index (χ4v) is 6.90. The molecule has 5 rings (SSSR count). The minimum Gasteiger partial charge on any atom is -0.375 e. The monoisotopic (exact) mass is 528 g/mol. The lowest BCUT2D eigenvalue weighted by atomic mass is 9.69. The van der Waals surface area contributed by atoms with Gasteiger partial charge in [0.15, 0.2) is 5.82 Å². The fourth-order valence-electron chi connectivity index (χ4n) is 6.17. The molecule has 1 aliphatic carbocycles. The number of carbonyl (C=O) groups is 1. The summed E-state index contributed by atoms with van der Waals surface area (Å²) in [6.07, 6.45) is 10.7. The van der Waals surface area contributed by atoms with E-state index in [2.05, 4.69) is 54.7 Å². The SMILES string of the molecule is CCC1(CC)CCC(N2CCOC(CC(=O)Nc3nnc(N[C@@H]4CCN(c5cccnn5)C4)s3)C2)CC1. The smallest absolute Gasteiger partial charge is 0.228 e. The highest BCUT2D eigenvalue weighted by Gasteiger charge is 2.36. The first-order chi connectivity index (χ1) is 18.1. The quantitative estimate of drug-likeness (QED) is 0.502. The second kappa shape index (κ2) is 12.0. The molecule has 1 saturated carbocycles. The fraction of sp³-hybridized carbons (Fsp3) is 0.731. The second-order valence-electron chi connectivity index (χ2n) is 10.7. The zero-order chi connectivity index (χ0) is 25.7. The molecule has 0 radical (unpaired) electrons. The van der Waals surface area contributed by atoms with E-state index in [4.69, 9.17) is 4.74 Å². The van der Waals surface area contributed by atoms with Crippen molar-refractivity contribution in [2.75, 3.05) is 48.3 Å². The number of ether oxygens (including phenoxy) is 1. The standard InChI is InChI=1S/C26H40N8O2S/c1-3-26(4-2)10-7-20(8-11-26)33-14-15-36-21(18-33)16-23(35)29-25-32-31-24(37-25)28-19-9-13-34(17-19)22-6-5-12-27-30-22/h5-6,12,19-21H,3-4,7-11,13-18H2,1-2H3,(H,28,31)(H,29,32,35)/t19-,21?/m1/s1. The average Bonchev–Trinajstić information content (AvgIpc) is 3.59. The molecule has 37 heavy (non-hydrogen) atoms. The van der Waals surface area contributed by atoms with Gasteiger partial charge in [-0.2, -0.15) is 5.10 Å². The van der Waals surface area contributed by atoms with Gasteiger partial charge in [0, 0.05) is 44.5 Å². The Labute approximate surface area is 223 Å². The highest BCUT2D eigenvalue weighted by atomic mass is 32.1. The van der Waals surface area contributed by atoms with Crippen LogP contribution in [0.5, 0.6) is 0 Å². The van der Waals surface area contributed by atoms with Crippen LogP contribution in [0.3, 0.4) is 0 Å². The van der Waals surface area contributed by atoms with Crippen LogP contribution < -0.4 is 15.5 Å².